The topological polar surface area (TPSA) is 42.2 Å². The van der Waals surface area contributed by atoms with Gasteiger partial charge in [0, 0.05) is 18.0 Å². The number of hydrogen-bond acceptors (Lipinski definition) is 4. The number of aromatic nitrogens is 3. The molecule has 0 saturated carbocycles. The van der Waals surface area contributed by atoms with Crippen molar-refractivity contribution in [2.75, 3.05) is 12.8 Å². The highest BCUT2D eigenvalue weighted by molar-refractivity contribution is 7.99. The lowest BCUT2D eigenvalue weighted by atomic mass is 10.1. The van der Waals surface area contributed by atoms with Crippen molar-refractivity contribution in [3.05, 3.63) is 60.3 Å². The Labute approximate surface area is 122 Å². The number of thioether (sulfide) groups is 1. The molecule has 2 heterocycles. The first-order valence-corrected chi connectivity index (χ1v) is 7.52. The van der Waals surface area contributed by atoms with Crippen LogP contribution in [0.1, 0.15) is 11.6 Å². The van der Waals surface area contributed by atoms with E-state index in [0.717, 1.165) is 16.6 Å². The van der Waals surface area contributed by atoms with E-state index in [0.29, 0.717) is 6.04 Å². The van der Waals surface area contributed by atoms with E-state index in [4.69, 9.17) is 0 Å². The molecule has 0 bridgehead atoms. The molecule has 0 spiro atoms. The van der Waals surface area contributed by atoms with Crippen LogP contribution in [0.5, 0.6) is 0 Å². The van der Waals surface area contributed by atoms with E-state index in [2.05, 4.69) is 39.8 Å². The Bertz CT molecular complexity index is 680. The molecule has 20 heavy (non-hydrogen) atoms. The first-order valence-electron chi connectivity index (χ1n) is 6.53. The van der Waals surface area contributed by atoms with Gasteiger partial charge in [0.25, 0.3) is 0 Å². The van der Waals surface area contributed by atoms with Gasteiger partial charge in [0.15, 0.2) is 10.8 Å². The Morgan fingerprint density at radius 3 is 2.70 bits per heavy atom. The van der Waals surface area contributed by atoms with Crippen LogP contribution in [0.2, 0.25) is 0 Å². The lowest BCUT2D eigenvalue weighted by Gasteiger charge is -2.15. The molecule has 1 aromatic carbocycles. The number of rotatable bonds is 5. The molecular weight excluding hydrogens is 268 g/mol. The molecule has 0 aliphatic heterocycles. The summed E-state index contributed by atoms with van der Waals surface area (Å²) in [5, 5.41) is 12.7. The second-order valence-corrected chi connectivity index (χ2v) is 5.46. The second-order valence-electron chi connectivity index (χ2n) is 4.47. The largest absolute Gasteiger partial charge is 0.312 e. The number of benzene rings is 1. The average Bonchev–Trinajstić information content (AvgIpc) is 2.92. The van der Waals surface area contributed by atoms with Gasteiger partial charge in [-0.2, -0.15) is 0 Å². The van der Waals surface area contributed by atoms with Gasteiger partial charge in [-0.15, -0.1) is 10.2 Å². The summed E-state index contributed by atoms with van der Waals surface area (Å²) in [5.41, 5.74) is 2.17. The first kappa shape index (κ1) is 13.1. The van der Waals surface area contributed by atoms with Crippen molar-refractivity contribution < 1.29 is 0 Å². The fraction of sp³-hybridized carbons (Fsp3) is 0.200. The molecule has 2 aromatic heterocycles. The fourth-order valence-electron chi connectivity index (χ4n) is 2.11. The highest BCUT2D eigenvalue weighted by Crippen LogP contribution is 2.23. The summed E-state index contributed by atoms with van der Waals surface area (Å²) in [5.74, 6) is 0.913. The number of pyridine rings is 1. The standard InChI is InChI=1S/C15H16N4S/c1-16-13(12-7-3-2-4-8-12)11-20-15-18-17-14-9-5-6-10-19(14)15/h2-10,13,16H,11H2,1H3. The van der Waals surface area contributed by atoms with Gasteiger partial charge in [-0.3, -0.25) is 4.40 Å². The van der Waals surface area contributed by atoms with Crippen LogP contribution in [0.4, 0.5) is 0 Å². The summed E-state index contributed by atoms with van der Waals surface area (Å²) in [7, 11) is 1.99. The molecule has 0 amide bonds. The van der Waals surface area contributed by atoms with E-state index in [9.17, 15) is 0 Å². The van der Waals surface area contributed by atoms with E-state index in [1.165, 1.54) is 5.56 Å². The van der Waals surface area contributed by atoms with Crippen molar-refractivity contribution in [2.24, 2.45) is 0 Å². The summed E-state index contributed by atoms with van der Waals surface area (Å²) >= 11 is 1.71. The molecule has 0 radical (unpaired) electrons. The van der Waals surface area contributed by atoms with Crippen LogP contribution in [0, 0.1) is 0 Å². The normalized spacial score (nSPS) is 12.7. The third-order valence-corrected chi connectivity index (χ3v) is 4.25. The molecule has 102 valence electrons. The van der Waals surface area contributed by atoms with Gasteiger partial charge in [0.2, 0.25) is 0 Å². The number of nitrogens with one attached hydrogen (secondary N) is 1. The summed E-state index contributed by atoms with van der Waals surface area (Å²) in [4.78, 5) is 0. The van der Waals surface area contributed by atoms with Crippen molar-refractivity contribution in [3.8, 4) is 0 Å². The van der Waals surface area contributed by atoms with Gasteiger partial charge in [0.1, 0.15) is 0 Å². The SMILES string of the molecule is CNC(CSc1nnc2ccccn12)c1ccccc1. The molecule has 3 rings (SSSR count). The lowest BCUT2D eigenvalue weighted by Crippen LogP contribution is -2.18. The van der Waals surface area contributed by atoms with Gasteiger partial charge in [0.05, 0.1) is 0 Å². The van der Waals surface area contributed by atoms with E-state index in [-0.39, 0.29) is 0 Å². The summed E-state index contributed by atoms with van der Waals surface area (Å²) in [6, 6.07) is 16.7. The van der Waals surface area contributed by atoms with Gasteiger partial charge in [-0.1, -0.05) is 48.2 Å². The van der Waals surface area contributed by atoms with Crippen LogP contribution in [0.25, 0.3) is 5.65 Å². The van der Waals surface area contributed by atoms with Crippen molar-refractivity contribution in [1.82, 2.24) is 19.9 Å². The van der Waals surface area contributed by atoms with Crippen LogP contribution >= 0.6 is 11.8 Å². The Morgan fingerprint density at radius 1 is 1.10 bits per heavy atom. The molecule has 3 aromatic rings. The highest BCUT2D eigenvalue weighted by atomic mass is 32.2. The highest BCUT2D eigenvalue weighted by Gasteiger charge is 2.12. The van der Waals surface area contributed by atoms with Crippen LogP contribution in [-0.2, 0) is 0 Å². The molecule has 0 saturated heterocycles. The predicted molar refractivity (Wildman–Crippen MR) is 82.0 cm³/mol. The van der Waals surface area contributed by atoms with Gasteiger partial charge < -0.3 is 5.32 Å². The molecule has 4 nitrogen and oxygen atoms in total. The molecule has 0 aliphatic carbocycles. The van der Waals surface area contributed by atoms with Crippen molar-refractivity contribution in [1.29, 1.82) is 0 Å². The monoisotopic (exact) mass is 284 g/mol. The zero-order chi connectivity index (χ0) is 13.8. The minimum Gasteiger partial charge on any atom is -0.312 e. The smallest absolute Gasteiger partial charge is 0.195 e. The molecule has 1 unspecified atom stereocenters. The molecule has 1 atom stereocenters. The van der Waals surface area contributed by atoms with Crippen molar-refractivity contribution in [3.63, 3.8) is 0 Å². The van der Waals surface area contributed by atoms with Crippen molar-refractivity contribution >= 4 is 17.4 Å². The van der Waals surface area contributed by atoms with E-state index >= 15 is 0 Å². The van der Waals surface area contributed by atoms with Crippen LogP contribution < -0.4 is 5.32 Å². The molecule has 5 heteroatoms. The summed E-state index contributed by atoms with van der Waals surface area (Å²) in [6.07, 6.45) is 1.99. The van der Waals surface area contributed by atoms with Gasteiger partial charge in [-0.05, 0) is 24.7 Å². The zero-order valence-corrected chi connectivity index (χ0v) is 12.0. The van der Waals surface area contributed by atoms with E-state index in [1.807, 2.05) is 41.9 Å². The fourth-order valence-corrected chi connectivity index (χ4v) is 3.17. The maximum Gasteiger partial charge on any atom is 0.195 e. The second kappa shape index (κ2) is 6.07. The number of hydrogen-bond donors (Lipinski definition) is 1. The molecule has 0 aliphatic rings. The minimum atomic E-state index is 0.303. The molecular formula is C15H16N4S. The molecule has 1 N–H and O–H groups in total. The summed E-state index contributed by atoms with van der Waals surface area (Å²) < 4.78 is 2.02. The third-order valence-electron chi connectivity index (χ3n) is 3.21. The maximum atomic E-state index is 4.24. The lowest BCUT2D eigenvalue weighted by molar-refractivity contribution is 0.660. The van der Waals surface area contributed by atoms with Crippen LogP contribution in [0.3, 0.4) is 0 Å². The molecule has 0 fully saturated rings. The van der Waals surface area contributed by atoms with Crippen LogP contribution in [0.15, 0.2) is 59.9 Å². The maximum absolute atomic E-state index is 4.24. The third kappa shape index (κ3) is 2.69. The quantitative estimate of drug-likeness (QED) is 0.732. The Kier molecular flexibility index (Phi) is 3.99. The average molecular weight is 284 g/mol. The van der Waals surface area contributed by atoms with E-state index in [1.54, 1.807) is 11.8 Å². The van der Waals surface area contributed by atoms with Crippen LogP contribution in [-0.4, -0.2) is 27.4 Å². The Hall–Kier alpha value is -1.85. The first-order chi connectivity index (χ1) is 9.88. The van der Waals surface area contributed by atoms with Crippen molar-refractivity contribution in [2.45, 2.75) is 11.2 Å². The van der Waals surface area contributed by atoms with Gasteiger partial charge >= 0.3 is 0 Å². The number of nitrogens with zero attached hydrogens (tertiary/aromatic N) is 3. The minimum absolute atomic E-state index is 0.303. The van der Waals surface area contributed by atoms with E-state index < -0.39 is 0 Å². The zero-order valence-electron chi connectivity index (χ0n) is 11.2. The Balaban J connectivity index is 1.75. The predicted octanol–water partition coefficient (Wildman–Crippen LogP) is 2.78. The number of fused-ring (bicyclic) bond motifs is 1. The Morgan fingerprint density at radius 2 is 1.90 bits per heavy atom. The van der Waals surface area contributed by atoms with Gasteiger partial charge in [-0.25, -0.2) is 0 Å². The summed E-state index contributed by atoms with van der Waals surface area (Å²) in [6.45, 7) is 0.